The average Bonchev–Trinajstić information content (AvgIpc) is 3.23. The molecular formula is C22H24F3N5O5S. The first-order valence-corrected chi connectivity index (χ1v) is 12.6. The number of alkyl halides is 3. The molecule has 0 aliphatic heterocycles. The maximum atomic E-state index is 14.0. The largest absolute Gasteiger partial charge is 0.417 e. The van der Waals surface area contributed by atoms with E-state index in [0.29, 0.717) is 24.6 Å². The highest BCUT2D eigenvalue weighted by Crippen LogP contribution is 2.42. The lowest BCUT2D eigenvalue weighted by Crippen LogP contribution is -2.42. The van der Waals surface area contributed by atoms with Crippen molar-refractivity contribution in [1.29, 1.82) is 5.26 Å². The summed E-state index contributed by atoms with van der Waals surface area (Å²) in [5, 5.41) is 18.2. The second kappa shape index (κ2) is 9.45. The first-order valence-electron chi connectivity index (χ1n) is 11.1. The van der Waals surface area contributed by atoms with Crippen molar-refractivity contribution in [2.24, 2.45) is 5.92 Å². The third kappa shape index (κ3) is 4.95. The van der Waals surface area contributed by atoms with Crippen molar-refractivity contribution in [2.45, 2.75) is 60.3 Å². The van der Waals surface area contributed by atoms with Crippen LogP contribution in [-0.2, 0) is 36.9 Å². The SMILES string of the molecule is COCc1cn(-c2ccc(S(=O)(=O)[C@H]3C[C@@H](OC)[C@H](C(=O)NC4(C#N)CC4)C3)c(C(F)(F)F)c2)nn1. The van der Waals surface area contributed by atoms with Crippen LogP contribution in [0.15, 0.2) is 29.3 Å². The van der Waals surface area contributed by atoms with Crippen molar-refractivity contribution in [3.8, 4) is 11.8 Å². The van der Waals surface area contributed by atoms with E-state index >= 15 is 0 Å². The van der Waals surface area contributed by atoms with Gasteiger partial charge in [-0.25, -0.2) is 13.1 Å². The molecule has 14 heteroatoms. The van der Waals surface area contributed by atoms with Crippen LogP contribution in [0.25, 0.3) is 5.69 Å². The van der Waals surface area contributed by atoms with Gasteiger partial charge < -0.3 is 14.8 Å². The van der Waals surface area contributed by atoms with E-state index in [1.165, 1.54) is 26.5 Å². The molecule has 1 aromatic carbocycles. The van der Waals surface area contributed by atoms with Gasteiger partial charge in [-0.1, -0.05) is 5.21 Å². The lowest BCUT2D eigenvalue weighted by atomic mass is 10.0. The Bertz CT molecular complexity index is 1300. The predicted octanol–water partition coefficient (Wildman–Crippen LogP) is 2.17. The highest BCUT2D eigenvalue weighted by Gasteiger charge is 2.51. The summed E-state index contributed by atoms with van der Waals surface area (Å²) >= 11 is 0. The summed E-state index contributed by atoms with van der Waals surface area (Å²) in [7, 11) is -1.77. The van der Waals surface area contributed by atoms with Gasteiger partial charge in [0, 0.05) is 14.2 Å². The molecule has 0 radical (unpaired) electrons. The number of hydrogen-bond donors (Lipinski definition) is 1. The maximum absolute atomic E-state index is 14.0. The highest BCUT2D eigenvalue weighted by atomic mass is 32.2. The van der Waals surface area contributed by atoms with Crippen LogP contribution in [0.2, 0.25) is 0 Å². The van der Waals surface area contributed by atoms with Crippen LogP contribution >= 0.6 is 0 Å². The van der Waals surface area contributed by atoms with Crippen molar-refractivity contribution >= 4 is 15.7 Å². The number of nitrogens with zero attached hydrogens (tertiary/aromatic N) is 4. The Morgan fingerprint density at radius 1 is 1.31 bits per heavy atom. The van der Waals surface area contributed by atoms with E-state index in [1.54, 1.807) is 0 Å². The van der Waals surface area contributed by atoms with Crippen LogP contribution in [-0.4, -0.2) is 60.4 Å². The molecule has 0 unspecified atom stereocenters. The molecule has 1 heterocycles. The molecule has 2 saturated carbocycles. The number of ether oxygens (including phenoxy) is 2. The summed E-state index contributed by atoms with van der Waals surface area (Å²) in [6, 6.07) is 4.84. The number of methoxy groups -OCH3 is 2. The lowest BCUT2D eigenvalue weighted by molar-refractivity contribution is -0.140. The summed E-state index contributed by atoms with van der Waals surface area (Å²) in [5.41, 5.74) is -1.95. The Hall–Kier alpha value is -3.02. The molecule has 3 atom stereocenters. The topological polar surface area (TPSA) is 136 Å². The molecule has 0 saturated heterocycles. The minimum absolute atomic E-state index is 0.0270. The Morgan fingerprint density at radius 2 is 2.03 bits per heavy atom. The smallest absolute Gasteiger partial charge is 0.381 e. The number of nitriles is 1. The molecule has 4 rings (SSSR count). The molecule has 0 bridgehead atoms. The van der Waals surface area contributed by atoms with Gasteiger partial charge in [-0.2, -0.15) is 18.4 Å². The van der Waals surface area contributed by atoms with Gasteiger partial charge in [0.15, 0.2) is 9.84 Å². The fourth-order valence-corrected chi connectivity index (χ4v) is 6.41. The van der Waals surface area contributed by atoms with Crippen LogP contribution in [0.4, 0.5) is 13.2 Å². The summed E-state index contributed by atoms with van der Waals surface area (Å²) in [6.07, 6.45) is -3.82. The third-order valence-electron chi connectivity index (χ3n) is 6.54. The van der Waals surface area contributed by atoms with E-state index in [-0.39, 0.29) is 25.1 Å². The number of carbonyl (C=O) groups excluding carboxylic acids is 1. The number of hydrogen-bond acceptors (Lipinski definition) is 8. The molecule has 1 amide bonds. The molecule has 0 spiro atoms. The Morgan fingerprint density at radius 3 is 2.61 bits per heavy atom. The number of amides is 1. The summed E-state index contributed by atoms with van der Waals surface area (Å²) in [6.45, 7) is 0.102. The lowest BCUT2D eigenvalue weighted by Gasteiger charge is -2.19. The molecule has 1 N–H and O–H groups in total. The van der Waals surface area contributed by atoms with Crippen molar-refractivity contribution in [1.82, 2.24) is 20.3 Å². The standard InChI is InChI=1S/C22H24F3N5O5S/c1-34-11-13-10-30(29-28-13)14-3-4-19(17(7-14)22(23,24)25)36(32,33)15-8-16(18(9-15)35-2)20(31)27-21(12-26)5-6-21/h3-4,7,10,15-16,18H,5-6,8-9,11H2,1-2H3,(H,27,31)/t15-,16-,18-/m1/s1. The highest BCUT2D eigenvalue weighted by molar-refractivity contribution is 7.92. The normalized spacial score (nSPS) is 23.3. The fourth-order valence-electron chi connectivity index (χ4n) is 4.41. The zero-order valence-electron chi connectivity index (χ0n) is 19.4. The number of halogens is 3. The van der Waals surface area contributed by atoms with Crippen molar-refractivity contribution in [3.05, 3.63) is 35.7 Å². The van der Waals surface area contributed by atoms with Crippen LogP contribution in [0, 0.1) is 17.2 Å². The molecule has 36 heavy (non-hydrogen) atoms. The van der Waals surface area contributed by atoms with Gasteiger partial charge in [0.1, 0.15) is 11.2 Å². The number of benzene rings is 1. The molecule has 2 fully saturated rings. The number of nitrogens with one attached hydrogen (secondary N) is 1. The quantitative estimate of drug-likeness (QED) is 0.552. The van der Waals surface area contributed by atoms with E-state index in [1.807, 2.05) is 6.07 Å². The molecule has 2 aliphatic carbocycles. The van der Waals surface area contributed by atoms with E-state index in [4.69, 9.17) is 9.47 Å². The van der Waals surface area contributed by atoms with Crippen LogP contribution in [0.5, 0.6) is 0 Å². The number of sulfone groups is 1. The molecule has 2 aliphatic rings. The molecular weight excluding hydrogens is 503 g/mol. The van der Waals surface area contributed by atoms with Gasteiger partial charge in [0.25, 0.3) is 0 Å². The van der Waals surface area contributed by atoms with Gasteiger partial charge >= 0.3 is 6.18 Å². The van der Waals surface area contributed by atoms with E-state index < -0.39 is 55.2 Å². The van der Waals surface area contributed by atoms with Crippen LogP contribution in [0.1, 0.15) is 36.9 Å². The van der Waals surface area contributed by atoms with Crippen molar-refractivity contribution < 1.29 is 35.9 Å². The molecule has 2 aromatic rings. The fraction of sp³-hybridized carbons (Fsp3) is 0.545. The minimum atomic E-state index is -4.98. The predicted molar refractivity (Wildman–Crippen MR) is 117 cm³/mol. The van der Waals surface area contributed by atoms with Gasteiger partial charge in [0.05, 0.1) is 52.3 Å². The number of carbonyl (C=O) groups is 1. The summed E-state index contributed by atoms with van der Waals surface area (Å²) in [4.78, 5) is 11.9. The Labute approximate surface area is 205 Å². The van der Waals surface area contributed by atoms with E-state index in [2.05, 4.69) is 15.6 Å². The zero-order chi connectivity index (χ0) is 26.3. The van der Waals surface area contributed by atoms with E-state index in [0.717, 1.165) is 10.7 Å². The molecule has 10 nitrogen and oxygen atoms in total. The van der Waals surface area contributed by atoms with Gasteiger partial charge in [-0.3, -0.25) is 4.79 Å². The van der Waals surface area contributed by atoms with Crippen molar-refractivity contribution in [3.63, 3.8) is 0 Å². The molecule has 1 aromatic heterocycles. The molecule has 194 valence electrons. The van der Waals surface area contributed by atoms with Gasteiger partial charge in [-0.05, 0) is 43.9 Å². The van der Waals surface area contributed by atoms with Gasteiger partial charge in [-0.15, -0.1) is 5.10 Å². The first kappa shape index (κ1) is 26.1. The first-order chi connectivity index (χ1) is 16.9. The minimum Gasteiger partial charge on any atom is -0.381 e. The van der Waals surface area contributed by atoms with Crippen LogP contribution in [0.3, 0.4) is 0 Å². The zero-order valence-corrected chi connectivity index (χ0v) is 20.3. The third-order valence-corrected chi connectivity index (χ3v) is 8.77. The second-order valence-corrected chi connectivity index (χ2v) is 11.2. The number of aromatic nitrogens is 3. The summed E-state index contributed by atoms with van der Waals surface area (Å²) in [5.74, 6) is -1.45. The summed E-state index contributed by atoms with van der Waals surface area (Å²) < 4.78 is 80.3. The van der Waals surface area contributed by atoms with E-state index in [9.17, 15) is 31.6 Å². The average molecular weight is 528 g/mol. The maximum Gasteiger partial charge on any atom is 0.417 e. The van der Waals surface area contributed by atoms with Crippen molar-refractivity contribution in [2.75, 3.05) is 14.2 Å². The van der Waals surface area contributed by atoms with Crippen LogP contribution < -0.4 is 5.32 Å². The monoisotopic (exact) mass is 527 g/mol. The van der Waals surface area contributed by atoms with Gasteiger partial charge in [0.2, 0.25) is 5.91 Å². The number of rotatable bonds is 8. The Balaban J connectivity index is 1.64. The Kier molecular flexibility index (Phi) is 6.84. The second-order valence-electron chi connectivity index (χ2n) is 8.97.